The minimum atomic E-state index is -1.10. The number of H-pyrrole nitrogens is 1. The van der Waals surface area contributed by atoms with Gasteiger partial charge >= 0.3 is 5.97 Å². The van der Waals surface area contributed by atoms with Gasteiger partial charge in [-0.15, -0.1) is 16.8 Å². The van der Waals surface area contributed by atoms with Gasteiger partial charge in [0.1, 0.15) is 11.5 Å². The summed E-state index contributed by atoms with van der Waals surface area (Å²) in [6.45, 7) is 9.96. The molecular weight excluding hydrogens is 420 g/mol. The van der Waals surface area contributed by atoms with Crippen LogP contribution in [0.1, 0.15) is 67.3 Å². The van der Waals surface area contributed by atoms with Crippen molar-refractivity contribution < 1.29 is 15.0 Å². The molecule has 0 fully saturated rings. The van der Waals surface area contributed by atoms with E-state index in [-0.39, 0.29) is 11.4 Å². The number of aromatic amines is 1. The molecule has 2 heterocycles. The second kappa shape index (κ2) is 10.4. The van der Waals surface area contributed by atoms with E-state index in [1.807, 2.05) is 56.3 Å². The number of rotatable bonds is 11. The molecule has 0 amide bonds. The maximum Gasteiger partial charge on any atom is 0.354 e. The normalized spacial score (nSPS) is 14.3. The number of tetrazole rings is 1. The number of carbonyl (C=O) groups is 1. The molecule has 3 aromatic rings. The summed E-state index contributed by atoms with van der Waals surface area (Å²) in [6, 6.07) is 7.75. The van der Waals surface area contributed by atoms with Crippen molar-refractivity contribution in [3.63, 3.8) is 0 Å². The lowest BCUT2D eigenvalue weighted by Crippen LogP contribution is -2.25. The fourth-order valence-electron chi connectivity index (χ4n) is 3.77. The third-order valence-electron chi connectivity index (χ3n) is 5.59. The summed E-state index contributed by atoms with van der Waals surface area (Å²) in [4.78, 5) is 16.5. The number of aryl methyl sites for hydroxylation is 1. The molecule has 3 rings (SSSR count). The van der Waals surface area contributed by atoms with Crippen LogP contribution in [0.2, 0.25) is 0 Å². The van der Waals surface area contributed by atoms with Crippen molar-refractivity contribution >= 4 is 12.0 Å². The lowest BCUT2D eigenvalue weighted by Gasteiger charge is -2.26. The van der Waals surface area contributed by atoms with Gasteiger partial charge in [-0.1, -0.05) is 56.3 Å². The number of hydrogen-bond donors (Lipinski definition) is 3. The Balaban J connectivity index is 1.90. The number of aliphatic hydroxyl groups excluding tert-OH is 1. The third kappa shape index (κ3) is 5.43. The van der Waals surface area contributed by atoms with Crippen molar-refractivity contribution in [3.05, 3.63) is 65.8 Å². The zero-order chi connectivity index (χ0) is 24.0. The minimum absolute atomic E-state index is 0.0351. The molecule has 2 aromatic heterocycles. The van der Waals surface area contributed by atoms with Crippen molar-refractivity contribution in [2.24, 2.45) is 5.41 Å². The number of benzene rings is 1. The summed E-state index contributed by atoms with van der Waals surface area (Å²) in [7, 11) is 0. The molecular formula is C24H30N6O3. The number of aliphatic hydroxyl groups is 1. The van der Waals surface area contributed by atoms with Crippen molar-refractivity contribution in [3.8, 4) is 11.4 Å². The average molecular weight is 451 g/mol. The maximum atomic E-state index is 12.1. The van der Waals surface area contributed by atoms with Gasteiger partial charge in [0.25, 0.3) is 0 Å². The topological polar surface area (TPSA) is 130 Å². The first-order valence-corrected chi connectivity index (χ1v) is 10.9. The molecule has 0 aliphatic carbocycles. The fraction of sp³-hybridized carbons (Fsp3) is 0.375. The van der Waals surface area contributed by atoms with Crippen LogP contribution in [0, 0.1) is 5.41 Å². The van der Waals surface area contributed by atoms with E-state index in [1.165, 1.54) is 6.92 Å². The highest BCUT2D eigenvalue weighted by Crippen LogP contribution is 2.31. The van der Waals surface area contributed by atoms with Crippen LogP contribution >= 0.6 is 0 Å². The first-order valence-electron chi connectivity index (χ1n) is 10.9. The molecule has 33 heavy (non-hydrogen) atoms. The van der Waals surface area contributed by atoms with Gasteiger partial charge in [0.2, 0.25) is 5.82 Å². The highest BCUT2D eigenvalue weighted by molar-refractivity contribution is 5.87. The lowest BCUT2D eigenvalue weighted by atomic mass is 9.86. The monoisotopic (exact) mass is 450 g/mol. The first kappa shape index (κ1) is 24.1. The van der Waals surface area contributed by atoms with Crippen LogP contribution in [0.5, 0.6) is 0 Å². The molecule has 0 saturated carbocycles. The Morgan fingerprint density at radius 2 is 2.12 bits per heavy atom. The maximum absolute atomic E-state index is 12.1. The van der Waals surface area contributed by atoms with Crippen LogP contribution < -0.4 is 0 Å². The number of carboxylic acid groups (broad SMARTS) is 1. The fourth-order valence-corrected chi connectivity index (χ4v) is 3.77. The van der Waals surface area contributed by atoms with Crippen molar-refractivity contribution in [2.75, 3.05) is 0 Å². The lowest BCUT2D eigenvalue weighted by molar-refractivity contribution is 0.0674. The highest BCUT2D eigenvalue weighted by atomic mass is 16.4. The van der Waals surface area contributed by atoms with E-state index in [0.717, 1.165) is 17.5 Å². The Hall–Kier alpha value is -3.59. The largest absolute Gasteiger partial charge is 0.477 e. The molecule has 9 heteroatoms. The SMILES string of the molecule is C=CC(C)(C/C=C/c1ccccc1-c1nn[nH]n1)Cn1c(CCC)nc(C(C)O)c1C(=O)O. The van der Waals surface area contributed by atoms with Crippen LogP contribution in [0.25, 0.3) is 17.5 Å². The highest BCUT2D eigenvalue weighted by Gasteiger charge is 2.29. The number of nitrogens with one attached hydrogen (secondary N) is 1. The zero-order valence-corrected chi connectivity index (χ0v) is 19.2. The minimum Gasteiger partial charge on any atom is -0.477 e. The van der Waals surface area contributed by atoms with Crippen molar-refractivity contribution in [2.45, 2.75) is 52.7 Å². The number of nitrogens with zero attached hydrogens (tertiary/aromatic N) is 5. The quantitative estimate of drug-likeness (QED) is 0.376. The van der Waals surface area contributed by atoms with E-state index < -0.39 is 17.5 Å². The van der Waals surface area contributed by atoms with Gasteiger partial charge in [0.05, 0.1) is 6.10 Å². The Bertz CT molecular complexity index is 1130. The summed E-state index contributed by atoms with van der Waals surface area (Å²) in [5, 5.41) is 34.2. The summed E-state index contributed by atoms with van der Waals surface area (Å²) in [6.07, 6.45) is 6.95. The zero-order valence-electron chi connectivity index (χ0n) is 19.2. The van der Waals surface area contributed by atoms with Crippen LogP contribution in [0.3, 0.4) is 0 Å². The Morgan fingerprint density at radius 1 is 1.36 bits per heavy atom. The molecule has 0 bridgehead atoms. The molecule has 174 valence electrons. The van der Waals surface area contributed by atoms with Gasteiger partial charge in [0, 0.05) is 23.9 Å². The molecule has 2 unspecified atom stereocenters. The van der Waals surface area contributed by atoms with Gasteiger partial charge in [-0.05, 0) is 30.5 Å². The molecule has 0 radical (unpaired) electrons. The Kier molecular flexibility index (Phi) is 7.55. The summed E-state index contributed by atoms with van der Waals surface area (Å²) < 4.78 is 1.72. The molecule has 3 N–H and O–H groups in total. The van der Waals surface area contributed by atoms with Gasteiger partial charge < -0.3 is 14.8 Å². The summed E-state index contributed by atoms with van der Waals surface area (Å²) >= 11 is 0. The van der Waals surface area contributed by atoms with E-state index in [9.17, 15) is 15.0 Å². The second-order valence-corrected chi connectivity index (χ2v) is 8.37. The number of allylic oxidation sites excluding steroid dienone is 2. The average Bonchev–Trinajstić information content (AvgIpc) is 3.43. The molecule has 0 aliphatic heterocycles. The number of imidazole rings is 1. The first-order chi connectivity index (χ1) is 15.8. The molecule has 0 spiro atoms. The van der Waals surface area contributed by atoms with Gasteiger partial charge in [-0.25, -0.2) is 9.78 Å². The predicted octanol–water partition coefficient (Wildman–Crippen LogP) is 4.06. The van der Waals surface area contributed by atoms with Crippen molar-refractivity contribution in [1.82, 2.24) is 30.2 Å². The smallest absolute Gasteiger partial charge is 0.354 e. The molecule has 2 atom stereocenters. The summed E-state index contributed by atoms with van der Waals surface area (Å²) in [5.41, 5.74) is 1.59. The van der Waals surface area contributed by atoms with E-state index >= 15 is 0 Å². The second-order valence-electron chi connectivity index (χ2n) is 8.37. The Morgan fingerprint density at radius 3 is 2.73 bits per heavy atom. The molecule has 9 nitrogen and oxygen atoms in total. The standard InChI is InChI=1S/C24H30N6O3/c1-5-10-19-25-20(16(3)31)21(23(32)33)30(19)15-24(4,6-2)14-9-12-17-11-7-8-13-18(17)22-26-28-29-27-22/h6-9,11-13,16,31H,2,5,10,14-15H2,1,3-4H3,(H,32,33)(H,26,27,28,29)/b12-9+. The molecule has 0 aliphatic rings. The van der Waals surface area contributed by atoms with Crippen molar-refractivity contribution in [1.29, 1.82) is 0 Å². The van der Waals surface area contributed by atoms with E-state index in [1.54, 1.807) is 4.57 Å². The number of aromatic carboxylic acids is 1. The van der Waals surface area contributed by atoms with E-state index in [4.69, 9.17) is 0 Å². The number of aromatic nitrogens is 6. The number of carboxylic acids is 1. The van der Waals surface area contributed by atoms with E-state index in [2.05, 4.69) is 32.2 Å². The van der Waals surface area contributed by atoms with Crippen LogP contribution in [-0.2, 0) is 13.0 Å². The van der Waals surface area contributed by atoms with Crippen LogP contribution in [-0.4, -0.2) is 46.4 Å². The van der Waals surface area contributed by atoms with Crippen LogP contribution in [0.15, 0.2) is 43.0 Å². The summed E-state index contributed by atoms with van der Waals surface area (Å²) in [5.74, 6) is 0.0724. The number of hydrogen-bond acceptors (Lipinski definition) is 6. The van der Waals surface area contributed by atoms with Gasteiger partial charge in [0.15, 0.2) is 5.69 Å². The predicted molar refractivity (Wildman–Crippen MR) is 125 cm³/mol. The van der Waals surface area contributed by atoms with Crippen LogP contribution in [0.4, 0.5) is 0 Å². The Labute approximate surface area is 192 Å². The van der Waals surface area contributed by atoms with E-state index in [0.29, 0.717) is 31.0 Å². The van der Waals surface area contributed by atoms with Gasteiger partial charge in [-0.2, -0.15) is 5.21 Å². The molecule has 0 saturated heterocycles. The molecule has 1 aromatic carbocycles. The third-order valence-corrected chi connectivity index (χ3v) is 5.59. The van der Waals surface area contributed by atoms with Gasteiger partial charge in [-0.3, -0.25) is 0 Å².